The third-order valence-electron chi connectivity index (χ3n) is 3.72. The summed E-state index contributed by atoms with van der Waals surface area (Å²) in [6, 6.07) is 15.4. The molecule has 5 nitrogen and oxygen atoms in total. The second kappa shape index (κ2) is 8.42. The van der Waals surface area contributed by atoms with Crippen LogP contribution >= 0.6 is 11.6 Å². The van der Waals surface area contributed by atoms with E-state index in [-0.39, 0.29) is 24.0 Å². The zero-order chi connectivity index (χ0) is 19.2. The quantitative estimate of drug-likeness (QED) is 0.698. The van der Waals surface area contributed by atoms with Crippen molar-refractivity contribution in [2.24, 2.45) is 0 Å². The van der Waals surface area contributed by atoms with Crippen LogP contribution in [0.4, 0.5) is 10.1 Å². The van der Waals surface area contributed by atoms with E-state index in [9.17, 15) is 14.0 Å². The van der Waals surface area contributed by atoms with Crippen LogP contribution in [0.25, 0.3) is 0 Å². The molecule has 0 aliphatic rings. The first kappa shape index (κ1) is 18.5. The van der Waals surface area contributed by atoms with Crippen LogP contribution in [0.3, 0.4) is 0 Å². The molecule has 0 aliphatic carbocycles. The lowest BCUT2D eigenvalue weighted by atomic mass is 10.2. The molecule has 3 aromatic rings. The highest BCUT2D eigenvalue weighted by Crippen LogP contribution is 2.14. The van der Waals surface area contributed by atoms with Crippen molar-refractivity contribution in [2.45, 2.75) is 6.54 Å². The van der Waals surface area contributed by atoms with E-state index in [1.807, 2.05) is 0 Å². The van der Waals surface area contributed by atoms with E-state index in [1.165, 1.54) is 30.5 Å². The van der Waals surface area contributed by atoms with Crippen LogP contribution in [0.5, 0.6) is 0 Å². The molecule has 2 amide bonds. The van der Waals surface area contributed by atoms with Gasteiger partial charge < -0.3 is 10.6 Å². The Kier molecular flexibility index (Phi) is 5.78. The molecule has 136 valence electrons. The van der Waals surface area contributed by atoms with Crippen molar-refractivity contribution in [3.8, 4) is 0 Å². The van der Waals surface area contributed by atoms with Gasteiger partial charge in [-0.1, -0.05) is 23.7 Å². The average molecular weight is 384 g/mol. The van der Waals surface area contributed by atoms with E-state index in [1.54, 1.807) is 36.4 Å². The van der Waals surface area contributed by atoms with Gasteiger partial charge in [0.25, 0.3) is 11.8 Å². The molecule has 0 unspecified atom stereocenters. The Balaban J connectivity index is 1.65. The number of pyridine rings is 1. The van der Waals surface area contributed by atoms with E-state index >= 15 is 0 Å². The maximum absolute atomic E-state index is 12.9. The molecule has 0 bridgehead atoms. The summed E-state index contributed by atoms with van der Waals surface area (Å²) < 4.78 is 12.9. The third kappa shape index (κ3) is 5.12. The summed E-state index contributed by atoms with van der Waals surface area (Å²) in [5.74, 6) is -1.14. The molecule has 7 heteroatoms. The molecule has 0 radical (unpaired) electrons. The van der Waals surface area contributed by atoms with Crippen molar-refractivity contribution >= 4 is 29.1 Å². The number of rotatable bonds is 5. The highest BCUT2D eigenvalue weighted by molar-refractivity contribution is 6.30. The monoisotopic (exact) mass is 383 g/mol. The van der Waals surface area contributed by atoms with Gasteiger partial charge in [-0.05, 0) is 54.1 Å². The van der Waals surface area contributed by atoms with Gasteiger partial charge in [0, 0.05) is 29.0 Å². The van der Waals surface area contributed by atoms with Crippen LogP contribution in [0.15, 0.2) is 66.9 Å². The highest BCUT2D eigenvalue weighted by atomic mass is 35.5. The summed E-state index contributed by atoms with van der Waals surface area (Å²) in [4.78, 5) is 28.6. The number of amides is 2. The van der Waals surface area contributed by atoms with Crippen LogP contribution in [0, 0.1) is 5.82 Å². The molecule has 0 atom stereocenters. The van der Waals surface area contributed by atoms with Gasteiger partial charge in [-0.2, -0.15) is 0 Å². The number of carbonyl (C=O) groups excluding carboxylic acids is 2. The van der Waals surface area contributed by atoms with E-state index in [4.69, 9.17) is 11.6 Å². The maximum atomic E-state index is 12.9. The van der Waals surface area contributed by atoms with Gasteiger partial charge in [0.05, 0.1) is 0 Å². The normalized spacial score (nSPS) is 10.3. The number of nitrogens with one attached hydrogen (secondary N) is 2. The maximum Gasteiger partial charge on any atom is 0.270 e. The second-order valence-corrected chi connectivity index (χ2v) is 6.14. The Morgan fingerprint density at radius 2 is 1.67 bits per heavy atom. The Morgan fingerprint density at radius 1 is 0.963 bits per heavy atom. The molecule has 2 aromatic carbocycles. The summed E-state index contributed by atoms with van der Waals surface area (Å²) >= 11 is 5.82. The Hall–Kier alpha value is -3.25. The fourth-order valence-corrected chi connectivity index (χ4v) is 2.43. The Bertz CT molecular complexity index is 960. The lowest BCUT2D eigenvalue weighted by Gasteiger charge is -2.08. The molecule has 0 saturated heterocycles. The highest BCUT2D eigenvalue weighted by Gasteiger charge is 2.12. The minimum absolute atomic E-state index is 0.112. The minimum atomic E-state index is -0.430. The second-order valence-electron chi connectivity index (χ2n) is 5.70. The summed E-state index contributed by atoms with van der Waals surface area (Å²) in [7, 11) is 0. The van der Waals surface area contributed by atoms with E-state index in [0.717, 1.165) is 5.56 Å². The number of hydrogen-bond donors (Lipinski definition) is 2. The van der Waals surface area contributed by atoms with Gasteiger partial charge >= 0.3 is 0 Å². The van der Waals surface area contributed by atoms with Crippen molar-refractivity contribution in [1.29, 1.82) is 0 Å². The van der Waals surface area contributed by atoms with Crippen molar-refractivity contribution in [1.82, 2.24) is 10.3 Å². The van der Waals surface area contributed by atoms with Crippen molar-refractivity contribution < 1.29 is 14.0 Å². The summed E-state index contributed by atoms with van der Waals surface area (Å²) in [5, 5.41) is 5.98. The van der Waals surface area contributed by atoms with Gasteiger partial charge in [0.15, 0.2) is 0 Å². The fraction of sp³-hybridized carbons (Fsp3) is 0.0500. The predicted octanol–water partition coefficient (Wildman–Crippen LogP) is 4.06. The van der Waals surface area contributed by atoms with E-state index < -0.39 is 5.91 Å². The van der Waals surface area contributed by atoms with Gasteiger partial charge in [0.2, 0.25) is 0 Å². The van der Waals surface area contributed by atoms with Crippen LogP contribution in [0.2, 0.25) is 5.02 Å². The summed E-state index contributed by atoms with van der Waals surface area (Å²) in [5.41, 5.74) is 1.75. The molecule has 1 heterocycles. The number of anilines is 1. The van der Waals surface area contributed by atoms with Crippen molar-refractivity contribution in [3.63, 3.8) is 0 Å². The summed E-state index contributed by atoms with van der Waals surface area (Å²) in [6.07, 6.45) is 1.39. The topological polar surface area (TPSA) is 71.1 Å². The number of benzene rings is 2. The number of aromatic nitrogens is 1. The SMILES string of the molecule is O=C(Nc1ccc(Cl)cc1)c1ccnc(C(=O)NCc2ccc(F)cc2)c1. The van der Waals surface area contributed by atoms with Gasteiger partial charge in [0.1, 0.15) is 11.5 Å². The molecule has 0 aliphatic heterocycles. The number of hydrogen-bond acceptors (Lipinski definition) is 3. The predicted molar refractivity (Wildman–Crippen MR) is 101 cm³/mol. The van der Waals surface area contributed by atoms with Crippen molar-refractivity contribution in [3.05, 3.63) is 94.5 Å². The Morgan fingerprint density at radius 3 is 2.37 bits per heavy atom. The van der Waals surface area contributed by atoms with Gasteiger partial charge in [-0.3, -0.25) is 14.6 Å². The zero-order valence-corrected chi connectivity index (χ0v) is 14.8. The van der Waals surface area contributed by atoms with E-state index in [0.29, 0.717) is 16.3 Å². The molecule has 0 spiro atoms. The molecule has 1 aromatic heterocycles. The van der Waals surface area contributed by atoms with Crippen LogP contribution in [-0.2, 0) is 6.54 Å². The molecule has 0 fully saturated rings. The lowest BCUT2D eigenvalue weighted by Crippen LogP contribution is -2.24. The molecular formula is C20H15ClFN3O2. The van der Waals surface area contributed by atoms with Crippen LogP contribution in [-0.4, -0.2) is 16.8 Å². The minimum Gasteiger partial charge on any atom is -0.347 e. The fourth-order valence-electron chi connectivity index (χ4n) is 2.31. The van der Waals surface area contributed by atoms with Crippen LogP contribution in [0.1, 0.15) is 26.4 Å². The van der Waals surface area contributed by atoms with Crippen molar-refractivity contribution in [2.75, 3.05) is 5.32 Å². The average Bonchev–Trinajstić information content (AvgIpc) is 2.69. The molecule has 0 saturated carbocycles. The standard InChI is InChI=1S/C20H15ClFN3O2/c21-15-3-7-17(8-4-15)25-19(26)14-9-10-23-18(11-14)20(27)24-12-13-1-5-16(22)6-2-13/h1-11H,12H2,(H,24,27)(H,25,26). The van der Waals surface area contributed by atoms with Gasteiger partial charge in [-0.15, -0.1) is 0 Å². The first-order chi connectivity index (χ1) is 13.0. The molecule has 27 heavy (non-hydrogen) atoms. The number of nitrogens with zero attached hydrogens (tertiary/aromatic N) is 1. The van der Waals surface area contributed by atoms with Gasteiger partial charge in [-0.25, -0.2) is 4.39 Å². The van der Waals surface area contributed by atoms with E-state index in [2.05, 4.69) is 15.6 Å². The smallest absolute Gasteiger partial charge is 0.270 e. The van der Waals surface area contributed by atoms with Crippen LogP contribution < -0.4 is 10.6 Å². The first-order valence-corrected chi connectivity index (χ1v) is 8.45. The Labute approximate surface area is 160 Å². The zero-order valence-electron chi connectivity index (χ0n) is 14.1. The third-order valence-corrected chi connectivity index (χ3v) is 3.98. The largest absolute Gasteiger partial charge is 0.347 e. The molecule has 2 N–H and O–H groups in total. The first-order valence-electron chi connectivity index (χ1n) is 8.07. The number of halogens is 2. The number of carbonyl (C=O) groups is 2. The molecular weight excluding hydrogens is 369 g/mol. The lowest BCUT2D eigenvalue weighted by molar-refractivity contribution is 0.0946. The molecule has 3 rings (SSSR count). The summed E-state index contributed by atoms with van der Waals surface area (Å²) in [6.45, 7) is 0.224.